The van der Waals surface area contributed by atoms with Gasteiger partial charge in [0.1, 0.15) is 36.5 Å². The van der Waals surface area contributed by atoms with Gasteiger partial charge in [-0.3, -0.25) is 4.57 Å². The molecule has 2 aromatic rings. The number of aromatic nitrogens is 2. The molecule has 0 spiro atoms. The van der Waals surface area contributed by atoms with E-state index in [1.165, 1.54) is 16.8 Å². The molecule has 1 saturated heterocycles. The molecule has 0 unspecified atom stereocenters. The largest absolute Gasteiger partial charge is 0.394 e. The summed E-state index contributed by atoms with van der Waals surface area (Å²) in [6.07, 6.45) is -4.71. The van der Waals surface area contributed by atoms with Crippen LogP contribution in [0.1, 0.15) is 35.9 Å². The molecule has 10 heteroatoms. The highest BCUT2D eigenvalue weighted by molar-refractivity contribution is 5.44. The van der Waals surface area contributed by atoms with E-state index in [0.717, 1.165) is 0 Å². The number of hydrogen-bond acceptors (Lipinski definition) is 9. The third-order valence-electron chi connectivity index (χ3n) is 5.49. The maximum atomic E-state index is 12.4. The monoisotopic (exact) mass is 405 g/mol. The van der Waals surface area contributed by atoms with Crippen LogP contribution in [0, 0.1) is 0 Å². The minimum absolute atomic E-state index is 0.151. The van der Waals surface area contributed by atoms with Gasteiger partial charge in [-0.15, -0.1) is 0 Å². The molecule has 2 aliphatic rings. The number of nitrogens with zero attached hydrogens (tertiary/aromatic N) is 2. The number of aliphatic hydroxyl groups excluding tert-OH is 5. The molecule has 1 aromatic heterocycles. The van der Waals surface area contributed by atoms with Crippen molar-refractivity contribution in [1.29, 1.82) is 0 Å². The lowest BCUT2D eigenvalue weighted by atomic mass is 9.82. The van der Waals surface area contributed by atoms with E-state index in [9.17, 15) is 30.3 Å². The number of rotatable bonds is 4. The highest BCUT2D eigenvalue weighted by atomic mass is 16.5. The van der Waals surface area contributed by atoms with Crippen LogP contribution < -0.4 is 11.0 Å². The van der Waals surface area contributed by atoms with E-state index in [4.69, 9.17) is 4.74 Å². The van der Waals surface area contributed by atoms with Gasteiger partial charge in [-0.25, -0.2) is 4.79 Å². The quantitative estimate of drug-likeness (QED) is 0.368. The minimum Gasteiger partial charge on any atom is -0.394 e. The maximum absolute atomic E-state index is 12.4. The van der Waals surface area contributed by atoms with E-state index in [0.29, 0.717) is 11.1 Å². The smallest absolute Gasteiger partial charge is 0.351 e. The van der Waals surface area contributed by atoms with Crippen molar-refractivity contribution in [3.8, 4) is 0 Å². The van der Waals surface area contributed by atoms with Gasteiger partial charge in [-0.05, 0) is 17.2 Å². The van der Waals surface area contributed by atoms with Crippen LogP contribution in [0.5, 0.6) is 0 Å². The van der Waals surface area contributed by atoms with E-state index in [-0.39, 0.29) is 18.8 Å². The standard InChI is InChI=1S/C19H23N3O7/c23-8-12-11(24)7-14(29-12)22-6-5-13(21-19(22)28)20-15-9-3-1-2-4-10(9)16(25)18(27)17(15)26/h1-6,11-12,14-18,23-27H,7-8H2,(H,20,21,28)/t11-,12+,14+,15+,16-,17-,18+/m0/s1. The molecule has 29 heavy (non-hydrogen) atoms. The fourth-order valence-corrected chi connectivity index (χ4v) is 3.90. The molecule has 10 nitrogen and oxygen atoms in total. The van der Waals surface area contributed by atoms with Crippen molar-refractivity contribution in [3.05, 3.63) is 58.1 Å². The van der Waals surface area contributed by atoms with Crippen molar-refractivity contribution in [2.24, 2.45) is 0 Å². The van der Waals surface area contributed by atoms with E-state index in [2.05, 4.69) is 10.3 Å². The topological polar surface area (TPSA) is 157 Å². The second-order valence-electron chi connectivity index (χ2n) is 7.29. The van der Waals surface area contributed by atoms with Gasteiger partial charge in [0.25, 0.3) is 0 Å². The summed E-state index contributed by atoms with van der Waals surface area (Å²) in [7, 11) is 0. The van der Waals surface area contributed by atoms with Gasteiger partial charge in [-0.1, -0.05) is 24.3 Å². The number of fused-ring (bicyclic) bond motifs is 1. The van der Waals surface area contributed by atoms with E-state index >= 15 is 0 Å². The van der Waals surface area contributed by atoms with E-state index in [1.807, 2.05) is 0 Å². The predicted molar refractivity (Wildman–Crippen MR) is 99.9 cm³/mol. The average molecular weight is 405 g/mol. The molecule has 2 heterocycles. The highest BCUT2D eigenvalue weighted by Gasteiger charge is 2.40. The molecule has 1 aliphatic carbocycles. The minimum atomic E-state index is -1.40. The molecule has 1 fully saturated rings. The SMILES string of the molecule is O=c1nc(N[C@@H]2c3ccccc3[C@H](O)[C@@H](O)[C@H]2O)ccn1[C@H]1C[C@H](O)[C@@H](CO)O1. The Morgan fingerprint density at radius 1 is 1.10 bits per heavy atom. The van der Waals surface area contributed by atoms with Gasteiger partial charge in [0.2, 0.25) is 0 Å². The molecule has 0 saturated carbocycles. The zero-order valence-corrected chi connectivity index (χ0v) is 15.4. The van der Waals surface area contributed by atoms with Crippen molar-refractivity contribution in [2.45, 2.75) is 49.2 Å². The Hall–Kier alpha value is -2.34. The summed E-state index contributed by atoms with van der Waals surface area (Å²) in [5.41, 5.74) is 0.446. The molecular weight excluding hydrogens is 382 g/mol. The lowest BCUT2D eigenvalue weighted by Crippen LogP contribution is -2.44. The molecule has 4 rings (SSSR count). The van der Waals surface area contributed by atoms with Crippen LogP contribution in [0.25, 0.3) is 0 Å². The van der Waals surface area contributed by atoms with Gasteiger partial charge in [0.05, 0.1) is 18.8 Å². The lowest BCUT2D eigenvalue weighted by Gasteiger charge is -2.37. The Morgan fingerprint density at radius 2 is 1.83 bits per heavy atom. The first kappa shape index (κ1) is 20.0. The zero-order chi connectivity index (χ0) is 20.7. The maximum Gasteiger partial charge on any atom is 0.351 e. The van der Waals surface area contributed by atoms with Crippen LogP contribution in [-0.2, 0) is 4.74 Å². The van der Waals surface area contributed by atoms with Crippen LogP contribution in [0.3, 0.4) is 0 Å². The third-order valence-corrected chi connectivity index (χ3v) is 5.49. The molecule has 0 radical (unpaired) electrons. The van der Waals surface area contributed by atoms with E-state index in [1.54, 1.807) is 24.3 Å². The van der Waals surface area contributed by atoms with Gasteiger partial charge >= 0.3 is 5.69 Å². The number of ether oxygens (including phenoxy) is 1. The first-order valence-electron chi connectivity index (χ1n) is 9.34. The Morgan fingerprint density at radius 3 is 2.48 bits per heavy atom. The normalized spacial score (nSPS) is 34.0. The number of nitrogens with one attached hydrogen (secondary N) is 1. The van der Waals surface area contributed by atoms with Crippen molar-refractivity contribution in [1.82, 2.24) is 9.55 Å². The average Bonchev–Trinajstić information content (AvgIpc) is 3.10. The van der Waals surface area contributed by atoms with Gasteiger partial charge in [-0.2, -0.15) is 4.98 Å². The van der Waals surface area contributed by atoms with Crippen molar-refractivity contribution in [2.75, 3.05) is 11.9 Å². The second-order valence-corrected chi connectivity index (χ2v) is 7.29. The summed E-state index contributed by atoms with van der Waals surface area (Å²) in [5.74, 6) is 0.172. The molecule has 1 aromatic carbocycles. The summed E-state index contributed by atoms with van der Waals surface area (Å²) in [6.45, 7) is -0.355. The zero-order valence-electron chi connectivity index (χ0n) is 15.4. The van der Waals surface area contributed by atoms with Crippen LogP contribution in [0.15, 0.2) is 41.3 Å². The Labute approximate surface area is 165 Å². The molecule has 6 N–H and O–H groups in total. The fraction of sp³-hybridized carbons (Fsp3) is 0.474. The summed E-state index contributed by atoms with van der Waals surface area (Å²) in [5, 5.41) is 52.8. The van der Waals surface area contributed by atoms with Gasteiger partial charge in [0.15, 0.2) is 0 Å². The van der Waals surface area contributed by atoms with Crippen LogP contribution in [-0.4, -0.2) is 66.1 Å². The second kappa shape index (κ2) is 7.82. The van der Waals surface area contributed by atoms with Crippen molar-refractivity contribution >= 4 is 5.82 Å². The molecule has 0 bridgehead atoms. The lowest BCUT2D eigenvalue weighted by molar-refractivity contribution is -0.0770. The Bertz CT molecular complexity index is 936. The summed E-state index contributed by atoms with van der Waals surface area (Å²) in [4.78, 5) is 16.4. The van der Waals surface area contributed by atoms with Crippen molar-refractivity contribution in [3.63, 3.8) is 0 Å². The number of aliphatic hydroxyl groups is 5. The third kappa shape index (κ3) is 3.54. The molecule has 0 amide bonds. The summed E-state index contributed by atoms with van der Waals surface area (Å²) in [6, 6.07) is 7.58. The highest BCUT2D eigenvalue weighted by Crippen LogP contribution is 2.38. The Balaban J connectivity index is 1.58. The first-order chi connectivity index (χ1) is 13.9. The van der Waals surface area contributed by atoms with Gasteiger partial charge < -0.3 is 35.6 Å². The van der Waals surface area contributed by atoms with Crippen LogP contribution in [0.4, 0.5) is 5.82 Å². The van der Waals surface area contributed by atoms with Crippen molar-refractivity contribution < 1.29 is 30.3 Å². The molecule has 1 aliphatic heterocycles. The number of anilines is 1. The first-order valence-corrected chi connectivity index (χ1v) is 9.34. The molecule has 156 valence electrons. The number of benzene rings is 1. The Kier molecular flexibility index (Phi) is 5.38. The molecule has 7 atom stereocenters. The van der Waals surface area contributed by atoms with Crippen LogP contribution >= 0.6 is 0 Å². The van der Waals surface area contributed by atoms with Gasteiger partial charge in [0, 0.05) is 12.6 Å². The fourth-order valence-electron chi connectivity index (χ4n) is 3.90. The molecular formula is C19H23N3O7. The predicted octanol–water partition coefficient (Wildman–Crippen LogP) is -1.19. The summed E-state index contributed by atoms with van der Waals surface area (Å²) < 4.78 is 6.69. The number of hydrogen-bond donors (Lipinski definition) is 6. The summed E-state index contributed by atoms with van der Waals surface area (Å²) >= 11 is 0. The van der Waals surface area contributed by atoms with Crippen LogP contribution in [0.2, 0.25) is 0 Å². The van der Waals surface area contributed by atoms with E-state index < -0.39 is 48.5 Å².